The van der Waals surface area contributed by atoms with Crippen LogP contribution in [0.4, 0.5) is 0 Å². The van der Waals surface area contributed by atoms with Crippen LogP contribution in [0.2, 0.25) is 0 Å². The number of rotatable bonds is 1. The van der Waals surface area contributed by atoms with Gasteiger partial charge in [-0.25, -0.2) is 0 Å². The molecule has 0 spiro atoms. The highest BCUT2D eigenvalue weighted by atomic mass is 14.7. The summed E-state index contributed by atoms with van der Waals surface area (Å²) in [6, 6.07) is 8.67. The van der Waals surface area contributed by atoms with Gasteiger partial charge in [0.25, 0.3) is 0 Å². The number of fused-ring (bicyclic) bond motifs is 1. The second-order valence-corrected chi connectivity index (χ2v) is 3.98. The number of aromatic amines is 1. The summed E-state index contributed by atoms with van der Waals surface area (Å²) in [5.74, 6) is 0.818. The van der Waals surface area contributed by atoms with E-state index in [2.05, 4.69) is 36.2 Å². The summed E-state index contributed by atoms with van der Waals surface area (Å²) in [6.07, 6.45) is 2.73. The Labute approximate surface area is 77.8 Å². The molecule has 0 aliphatic heterocycles. The van der Waals surface area contributed by atoms with E-state index in [1.165, 1.54) is 35.0 Å². The zero-order chi connectivity index (χ0) is 8.84. The van der Waals surface area contributed by atoms with Gasteiger partial charge in [-0.1, -0.05) is 24.3 Å². The molecule has 0 atom stereocenters. The van der Waals surface area contributed by atoms with Gasteiger partial charge in [0.2, 0.25) is 0 Å². The first-order valence-corrected chi connectivity index (χ1v) is 4.93. The number of hydrogen-bond donors (Lipinski definition) is 1. The van der Waals surface area contributed by atoms with Crippen LogP contribution in [0.3, 0.4) is 0 Å². The first-order chi connectivity index (χ1) is 6.36. The van der Waals surface area contributed by atoms with Crippen LogP contribution in [0.15, 0.2) is 24.3 Å². The minimum Gasteiger partial charge on any atom is -0.361 e. The van der Waals surface area contributed by atoms with Gasteiger partial charge < -0.3 is 4.98 Å². The van der Waals surface area contributed by atoms with Crippen LogP contribution in [0, 0.1) is 6.92 Å². The fraction of sp³-hybridized carbons (Fsp3) is 0.333. The Hall–Kier alpha value is -1.24. The van der Waals surface area contributed by atoms with Crippen molar-refractivity contribution < 1.29 is 0 Å². The molecule has 0 bridgehead atoms. The molecule has 1 fully saturated rings. The molecular weight excluding hydrogens is 158 g/mol. The predicted octanol–water partition coefficient (Wildman–Crippen LogP) is 3.35. The quantitative estimate of drug-likeness (QED) is 0.677. The summed E-state index contributed by atoms with van der Waals surface area (Å²) in [4.78, 5) is 3.51. The Morgan fingerprint density at radius 1 is 1.15 bits per heavy atom. The first-order valence-electron chi connectivity index (χ1n) is 4.93. The highest BCUT2D eigenvalue weighted by molar-refractivity contribution is 5.88. The highest BCUT2D eigenvalue weighted by Gasteiger charge is 2.26. The lowest BCUT2D eigenvalue weighted by Crippen LogP contribution is -1.78. The standard InChI is InChI=1S/C12H13N/c1-8-10-4-2-3-5-11(10)12(13-8)9-6-7-9/h2-5,9,13H,6-7H2,1H3. The molecule has 0 saturated heterocycles. The van der Waals surface area contributed by atoms with Crippen LogP contribution < -0.4 is 0 Å². The van der Waals surface area contributed by atoms with Gasteiger partial charge in [-0.15, -0.1) is 0 Å². The lowest BCUT2D eigenvalue weighted by molar-refractivity contribution is 1.04. The third kappa shape index (κ3) is 0.998. The minimum absolute atomic E-state index is 0.818. The average molecular weight is 171 g/mol. The molecule has 1 nitrogen and oxygen atoms in total. The highest BCUT2D eigenvalue weighted by Crippen LogP contribution is 2.43. The zero-order valence-corrected chi connectivity index (χ0v) is 7.80. The molecule has 1 aliphatic carbocycles. The maximum absolute atomic E-state index is 3.51. The Morgan fingerprint density at radius 3 is 2.54 bits per heavy atom. The van der Waals surface area contributed by atoms with Crippen LogP contribution in [0.25, 0.3) is 10.8 Å². The van der Waals surface area contributed by atoms with Crippen molar-refractivity contribution in [1.29, 1.82) is 0 Å². The van der Waals surface area contributed by atoms with Crippen LogP contribution in [0.1, 0.15) is 30.1 Å². The number of aryl methyl sites for hydroxylation is 1. The molecule has 1 aliphatic rings. The first kappa shape index (κ1) is 7.19. The van der Waals surface area contributed by atoms with Gasteiger partial charge in [0, 0.05) is 22.2 Å². The largest absolute Gasteiger partial charge is 0.361 e. The van der Waals surface area contributed by atoms with E-state index in [0.29, 0.717) is 0 Å². The third-order valence-electron chi connectivity index (χ3n) is 2.93. The van der Waals surface area contributed by atoms with Gasteiger partial charge in [-0.3, -0.25) is 0 Å². The van der Waals surface area contributed by atoms with Crippen LogP contribution in [0.5, 0.6) is 0 Å². The van der Waals surface area contributed by atoms with E-state index >= 15 is 0 Å². The maximum Gasteiger partial charge on any atom is 0.0260 e. The summed E-state index contributed by atoms with van der Waals surface area (Å²) in [7, 11) is 0. The van der Waals surface area contributed by atoms with Gasteiger partial charge in [-0.2, -0.15) is 0 Å². The van der Waals surface area contributed by atoms with Gasteiger partial charge in [0.1, 0.15) is 0 Å². The average Bonchev–Trinajstić information content (AvgIpc) is 2.94. The summed E-state index contributed by atoms with van der Waals surface area (Å²) in [5, 5.41) is 2.83. The Balaban J connectivity index is 2.34. The van der Waals surface area contributed by atoms with E-state index in [1.54, 1.807) is 0 Å². The van der Waals surface area contributed by atoms with Crippen molar-refractivity contribution in [3.05, 3.63) is 35.7 Å². The molecule has 13 heavy (non-hydrogen) atoms. The van der Waals surface area contributed by atoms with E-state index in [1.807, 2.05) is 0 Å². The van der Waals surface area contributed by atoms with E-state index in [4.69, 9.17) is 0 Å². The molecule has 1 N–H and O–H groups in total. The van der Waals surface area contributed by atoms with Crippen molar-refractivity contribution in [2.45, 2.75) is 25.7 Å². The van der Waals surface area contributed by atoms with Crippen LogP contribution in [-0.4, -0.2) is 4.98 Å². The Bertz CT molecular complexity index is 449. The molecule has 66 valence electrons. The van der Waals surface area contributed by atoms with Crippen molar-refractivity contribution in [3.63, 3.8) is 0 Å². The molecule has 0 amide bonds. The van der Waals surface area contributed by atoms with Gasteiger partial charge >= 0.3 is 0 Å². The molecule has 0 unspecified atom stereocenters. The maximum atomic E-state index is 3.51. The van der Waals surface area contributed by atoms with Gasteiger partial charge in [0.15, 0.2) is 0 Å². The fourth-order valence-corrected chi connectivity index (χ4v) is 2.08. The van der Waals surface area contributed by atoms with E-state index in [9.17, 15) is 0 Å². The number of nitrogens with one attached hydrogen (secondary N) is 1. The number of H-pyrrole nitrogens is 1. The number of benzene rings is 1. The van der Waals surface area contributed by atoms with Crippen molar-refractivity contribution in [1.82, 2.24) is 4.98 Å². The molecular formula is C12H13N. The number of hydrogen-bond acceptors (Lipinski definition) is 0. The van der Waals surface area contributed by atoms with Crippen LogP contribution >= 0.6 is 0 Å². The predicted molar refractivity (Wildman–Crippen MR) is 55.0 cm³/mol. The normalized spacial score (nSPS) is 16.7. The zero-order valence-electron chi connectivity index (χ0n) is 7.80. The second-order valence-electron chi connectivity index (χ2n) is 3.98. The molecule has 2 aromatic rings. The van der Waals surface area contributed by atoms with Gasteiger partial charge in [-0.05, 0) is 25.7 Å². The Kier molecular flexibility index (Phi) is 1.32. The van der Waals surface area contributed by atoms with E-state index in [0.717, 1.165) is 5.92 Å². The SMILES string of the molecule is Cc1[nH]c(C2CC2)c2ccccc12. The molecule has 1 aromatic heterocycles. The molecule has 1 heteroatoms. The van der Waals surface area contributed by atoms with Gasteiger partial charge in [0.05, 0.1) is 0 Å². The second kappa shape index (κ2) is 2.38. The monoisotopic (exact) mass is 171 g/mol. The van der Waals surface area contributed by atoms with Crippen molar-refractivity contribution in [2.24, 2.45) is 0 Å². The summed E-state index contributed by atoms with van der Waals surface area (Å²) < 4.78 is 0. The smallest absolute Gasteiger partial charge is 0.0260 e. The topological polar surface area (TPSA) is 15.8 Å². The minimum atomic E-state index is 0.818. The lowest BCUT2D eigenvalue weighted by atomic mass is 10.1. The summed E-state index contributed by atoms with van der Waals surface area (Å²) in [6.45, 7) is 2.16. The van der Waals surface area contributed by atoms with Crippen molar-refractivity contribution in [3.8, 4) is 0 Å². The van der Waals surface area contributed by atoms with Crippen LogP contribution in [-0.2, 0) is 0 Å². The molecule has 1 saturated carbocycles. The lowest BCUT2D eigenvalue weighted by Gasteiger charge is -1.93. The van der Waals surface area contributed by atoms with E-state index < -0.39 is 0 Å². The fourth-order valence-electron chi connectivity index (χ4n) is 2.08. The molecule has 3 rings (SSSR count). The molecule has 1 heterocycles. The Morgan fingerprint density at radius 2 is 1.85 bits per heavy atom. The molecule has 0 radical (unpaired) electrons. The van der Waals surface area contributed by atoms with E-state index in [-0.39, 0.29) is 0 Å². The summed E-state index contributed by atoms with van der Waals surface area (Å²) >= 11 is 0. The summed E-state index contributed by atoms with van der Waals surface area (Å²) in [5.41, 5.74) is 2.78. The van der Waals surface area contributed by atoms with Crippen molar-refractivity contribution in [2.75, 3.05) is 0 Å². The van der Waals surface area contributed by atoms with Crippen molar-refractivity contribution >= 4 is 10.8 Å². The molecule has 1 aromatic carbocycles. The number of aromatic nitrogens is 1. The third-order valence-corrected chi connectivity index (χ3v) is 2.93.